The zero-order valence-electron chi connectivity index (χ0n) is 10.3. The van der Waals surface area contributed by atoms with Gasteiger partial charge in [-0.05, 0) is 19.2 Å². The summed E-state index contributed by atoms with van der Waals surface area (Å²) in [6.45, 7) is 1.30. The van der Waals surface area contributed by atoms with Gasteiger partial charge in [-0.15, -0.1) is 0 Å². The Morgan fingerprint density at radius 3 is 2.61 bits per heavy atom. The second-order valence-corrected chi connectivity index (χ2v) is 6.71. The van der Waals surface area contributed by atoms with E-state index in [1.54, 1.807) is 13.1 Å². The number of anilines is 1. The van der Waals surface area contributed by atoms with Gasteiger partial charge in [0.05, 0.1) is 11.5 Å². The van der Waals surface area contributed by atoms with Gasteiger partial charge in [-0.3, -0.25) is 0 Å². The van der Waals surface area contributed by atoms with Crippen molar-refractivity contribution in [1.29, 1.82) is 0 Å². The van der Waals surface area contributed by atoms with Crippen LogP contribution >= 0.6 is 0 Å². The maximum atomic E-state index is 13.8. The fourth-order valence-electron chi connectivity index (χ4n) is 2.15. The molecule has 1 heterocycles. The first kappa shape index (κ1) is 13.3. The summed E-state index contributed by atoms with van der Waals surface area (Å²) in [6.07, 6.45) is 0. The highest BCUT2D eigenvalue weighted by Gasteiger charge is 2.23. The van der Waals surface area contributed by atoms with Crippen LogP contribution in [0.2, 0.25) is 0 Å². The molecule has 0 bridgehead atoms. The summed E-state index contributed by atoms with van der Waals surface area (Å²) in [5, 5.41) is 2.94. The lowest BCUT2D eigenvalue weighted by Crippen LogP contribution is -2.41. The van der Waals surface area contributed by atoms with E-state index >= 15 is 0 Å². The van der Waals surface area contributed by atoms with Gasteiger partial charge >= 0.3 is 0 Å². The molecule has 1 aliphatic heterocycles. The molecule has 0 aromatic heterocycles. The van der Waals surface area contributed by atoms with Crippen molar-refractivity contribution in [3.63, 3.8) is 0 Å². The van der Waals surface area contributed by atoms with Crippen molar-refractivity contribution in [1.82, 2.24) is 5.32 Å². The monoisotopic (exact) mass is 272 g/mol. The first-order valence-electron chi connectivity index (χ1n) is 5.91. The summed E-state index contributed by atoms with van der Waals surface area (Å²) in [7, 11) is -1.15. The van der Waals surface area contributed by atoms with E-state index < -0.39 is 9.84 Å². The molecule has 18 heavy (non-hydrogen) atoms. The molecule has 0 spiro atoms. The Hall–Kier alpha value is -1.14. The predicted molar refractivity (Wildman–Crippen MR) is 70.0 cm³/mol. The Labute approximate surface area is 107 Å². The van der Waals surface area contributed by atoms with Gasteiger partial charge in [0, 0.05) is 30.9 Å². The first-order valence-corrected chi connectivity index (χ1v) is 7.73. The molecule has 1 fully saturated rings. The fourth-order valence-corrected chi connectivity index (χ4v) is 3.35. The third-order valence-corrected chi connectivity index (χ3v) is 4.74. The van der Waals surface area contributed by atoms with Gasteiger partial charge in [0.25, 0.3) is 0 Å². The third-order valence-electron chi connectivity index (χ3n) is 3.13. The predicted octanol–water partition coefficient (Wildman–Crippen LogP) is 0.780. The molecule has 1 N–H and O–H groups in total. The molecule has 2 rings (SSSR count). The first-order chi connectivity index (χ1) is 8.53. The van der Waals surface area contributed by atoms with E-state index in [1.165, 1.54) is 6.07 Å². The number of hydrogen-bond acceptors (Lipinski definition) is 4. The average Bonchev–Trinajstić information content (AvgIpc) is 2.32. The molecule has 0 saturated carbocycles. The fraction of sp³-hybridized carbons (Fsp3) is 0.500. The van der Waals surface area contributed by atoms with Crippen molar-refractivity contribution in [2.45, 2.75) is 6.54 Å². The van der Waals surface area contributed by atoms with E-state index in [2.05, 4.69) is 5.32 Å². The van der Waals surface area contributed by atoms with Crippen LogP contribution in [0.4, 0.5) is 10.1 Å². The van der Waals surface area contributed by atoms with Crippen LogP contribution in [0.5, 0.6) is 0 Å². The van der Waals surface area contributed by atoms with Crippen molar-refractivity contribution in [2.24, 2.45) is 0 Å². The molecule has 0 atom stereocenters. The van der Waals surface area contributed by atoms with Crippen LogP contribution in [0.3, 0.4) is 0 Å². The van der Waals surface area contributed by atoms with E-state index in [0.717, 1.165) is 5.69 Å². The smallest absolute Gasteiger partial charge is 0.153 e. The lowest BCUT2D eigenvalue weighted by atomic mass is 10.1. The number of halogens is 1. The summed E-state index contributed by atoms with van der Waals surface area (Å²) in [4.78, 5) is 1.94. The van der Waals surface area contributed by atoms with Crippen LogP contribution in [0.25, 0.3) is 0 Å². The summed E-state index contributed by atoms with van der Waals surface area (Å²) in [6, 6.07) is 4.93. The Morgan fingerprint density at radius 2 is 2.00 bits per heavy atom. The van der Waals surface area contributed by atoms with Crippen molar-refractivity contribution >= 4 is 15.5 Å². The molecule has 0 unspecified atom stereocenters. The van der Waals surface area contributed by atoms with E-state index in [9.17, 15) is 12.8 Å². The molecule has 4 nitrogen and oxygen atoms in total. The summed E-state index contributed by atoms with van der Waals surface area (Å²) < 4.78 is 36.5. The molecule has 6 heteroatoms. The second kappa shape index (κ2) is 5.24. The van der Waals surface area contributed by atoms with Gasteiger partial charge in [0.15, 0.2) is 9.84 Å². The van der Waals surface area contributed by atoms with Gasteiger partial charge in [-0.1, -0.05) is 6.07 Å². The highest BCUT2D eigenvalue weighted by atomic mass is 32.2. The minimum Gasteiger partial charge on any atom is -0.369 e. The summed E-state index contributed by atoms with van der Waals surface area (Å²) >= 11 is 0. The SMILES string of the molecule is CNCc1c(F)cccc1N1CCS(=O)(=O)CC1. The molecular weight excluding hydrogens is 255 g/mol. The molecule has 1 aromatic rings. The van der Waals surface area contributed by atoms with Gasteiger partial charge in [-0.25, -0.2) is 12.8 Å². The van der Waals surface area contributed by atoms with Crippen molar-refractivity contribution in [3.05, 3.63) is 29.6 Å². The molecular formula is C12H17FN2O2S. The van der Waals surface area contributed by atoms with Gasteiger partial charge in [-0.2, -0.15) is 0 Å². The van der Waals surface area contributed by atoms with Crippen LogP contribution in [0, 0.1) is 5.82 Å². The van der Waals surface area contributed by atoms with Crippen LogP contribution in [-0.2, 0) is 16.4 Å². The zero-order valence-corrected chi connectivity index (χ0v) is 11.1. The summed E-state index contributed by atoms with van der Waals surface area (Å²) in [5.41, 5.74) is 1.39. The van der Waals surface area contributed by atoms with Gasteiger partial charge in [0.1, 0.15) is 5.82 Å². The molecule has 100 valence electrons. The Bertz CT molecular complexity index is 517. The number of hydrogen-bond donors (Lipinski definition) is 1. The van der Waals surface area contributed by atoms with E-state index in [4.69, 9.17) is 0 Å². The molecule has 0 amide bonds. The Balaban J connectivity index is 2.26. The van der Waals surface area contributed by atoms with Crippen molar-refractivity contribution < 1.29 is 12.8 Å². The highest BCUT2D eigenvalue weighted by Crippen LogP contribution is 2.24. The topological polar surface area (TPSA) is 49.4 Å². The van der Waals surface area contributed by atoms with E-state index in [-0.39, 0.29) is 17.3 Å². The number of nitrogens with one attached hydrogen (secondary N) is 1. The number of rotatable bonds is 3. The highest BCUT2D eigenvalue weighted by molar-refractivity contribution is 7.91. The molecule has 0 aliphatic carbocycles. The van der Waals surface area contributed by atoms with Crippen LogP contribution < -0.4 is 10.2 Å². The Morgan fingerprint density at radius 1 is 1.33 bits per heavy atom. The molecule has 1 aliphatic rings. The van der Waals surface area contributed by atoms with Crippen LogP contribution in [0.1, 0.15) is 5.56 Å². The largest absolute Gasteiger partial charge is 0.369 e. The minimum atomic E-state index is -2.91. The number of benzene rings is 1. The quantitative estimate of drug-likeness (QED) is 0.883. The Kier molecular flexibility index (Phi) is 3.87. The van der Waals surface area contributed by atoms with Crippen LogP contribution in [-0.4, -0.2) is 40.1 Å². The molecule has 1 saturated heterocycles. The molecule has 1 aromatic carbocycles. The lowest BCUT2D eigenvalue weighted by Gasteiger charge is -2.30. The summed E-state index contributed by atoms with van der Waals surface area (Å²) in [5.74, 6) is 0.0284. The normalized spacial score (nSPS) is 18.9. The van der Waals surface area contributed by atoms with E-state index in [1.807, 2.05) is 11.0 Å². The lowest BCUT2D eigenvalue weighted by molar-refractivity contribution is 0.584. The van der Waals surface area contributed by atoms with Crippen molar-refractivity contribution in [2.75, 3.05) is 36.5 Å². The average molecular weight is 272 g/mol. The maximum Gasteiger partial charge on any atom is 0.153 e. The zero-order chi connectivity index (χ0) is 13.2. The third kappa shape index (κ3) is 2.81. The minimum absolute atomic E-state index is 0.141. The van der Waals surface area contributed by atoms with Crippen LogP contribution in [0.15, 0.2) is 18.2 Å². The maximum absolute atomic E-state index is 13.8. The standard InChI is InChI=1S/C12H17FN2O2S/c1-14-9-10-11(13)3-2-4-12(10)15-5-7-18(16,17)8-6-15/h2-4,14H,5-9H2,1H3. The number of sulfone groups is 1. The van der Waals surface area contributed by atoms with Gasteiger partial charge < -0.3 is 10.2 Å². The molecule has 0 radical (unpaired) electrons. The number of nitrogens with zero attached hydrogens (tertiary/aromatic N) is 1. The second-order valence-electron chi connectivity index (χ2n) is 4.41. The van der Waals surface area contributed by atoms with Crippen molar-refractivity contribution in [3.8, 4) is 0 Å². The van der Waals surface area contributed by atoms with E-state index in [0.29, 0.717) is 25.2 Å². The van der Waals surface area contributed by atoms with Gasteiger partial charge in [0.2, 0.25) is 0 Å².